The number of benzene rings is 5. The number of anilines is 2. The molecule has 0 saturated carbocycles. The largest absolute Gasteiger partial charge is 0.504 e. The third-order valence-corrected chi connectivity index (χ3v) is 8.80. The number of nitrogens with zero attached hydrogens (tertiary/aromatic N) is 9. The number of azo groups is 3. The predicted molar refractivity (Wildman–Crippen MR) is 191 cm³/mol. The molecule has 56 heavy (non-hydrogen) atoms. The summed E-state index contributed by atoms with van der Waals surface area (Å²) >= 11 is 0. The highest BCUT2D eigenvalue weighted by molar-refractivity contribution is 7.86. The molecule has 0 unspecified atom stereocenters. The Morgan fingerprint density at radius 1 is 0.518 bits per heavy atom. The zero-order chi connectivity index (χ0) is 40.9. The molecule has 0 fully saturated rings. The molecule has 5 N–H and O–H groups in total. The Hall–Kier alpha value is -7.68. The molecular weight excluding hydrogens is 789 g/mol. The first-order valence-corrected chi connectivity index (χ1v) is 17.7. The minimum absolute atomic E-state index is 0.0942. The summed E-state index contributed by atoms with van der Waals surface area (Å²) < 4.78 is 66.1. The van der Waals surface area contributed by atoms with Crippen LogP contribution in [0.5, 0.6) is 11.5 Å². The Morgan fingerprint density at radius 3 is 1.52 bits per heavy atom. The van der Waals surface area contributed by atoms with E-state index in [4.69, 9.17) is 0 Å². The molecule has 0 aliphatic heterocycles. The predicted octanol–water partition coefficient (Wildman–Crippen LogP) is 8.31. The SMILES string of the molecule is O=[N+]([O-])c1ccc(N=Nc2cc(N=Nc3ccc(Nc4ccc([N+](=O)[O-])cc4S(=O)(=O)O)cc3)c(O)c(N=Nc3cc(S(=O)(=O)O)cc([N+](=O)[O-])c3O)c2)cc1. The van der Waals surface area contributed by atoms with Crippen LogP contribution in [-0.4, -0.2) is 50.9 Å². The zero-order valence-electron chi connectivity index (χ0n) is 27.4. The summed E-state index contributed by atoms with van der Waals surface area (Å²) in [5.74, 6) is -1.87. The molecule has 0 spiro atoms. The topological polar surface area (TPSA) is 365 Å². The van der Waals surface area contributed by atoms with Gasteiger partial charge in [-0.05, 0) is 60.7 Å². The van der Waals surface area contributed by atoms with Crippen molar-refractivity contribution in [3.05, 3.63) is 121 Å². The Morgan fingerprint density at radius 2 is 1.00 bits per heavy atom. The van der Waals surface area contributed by atoms with E-state index in [9.17, 15) is 66.5 Å². The molecule has 0 amide bonds. The fourth-order valence-electron chi connectivity index (χ4n) is 4.43. The van der Waals surface area contributed by atoms with Crippen molar-refractivity contribution >= 4 is 82.8 Å². The molecule has 24 nitrogen and oxygen atoms in total. The number of hydrogen-bond donors (Lipinski definition) is 5. The van der Waals surface area contributed by atoms with Crippen LogP contribution in [0.3, 0.4) is 0 Å². The second-order valence-electron chi connectivity index (χ2n) is 10.8. The van der Waals surface area contributed by atoms with Crippen LogP contribution >= 0.6 is 0 Å². The zero-order valence-corrected chi connectivity index (χ0v) is 29.0. The second kappa shape index (κ2) is 15.7. The van der Waals surface area contributed by atoms with Gasteiger partial charge >= 0.3 is 5.69 Å². The maximum absolute atomic E-state index is 11.9. The third-order valence-electron chi connectivity index (χ3n) is 7.07. The van der Waals surface area contributed by atoms with Gasteiger partial charge in [-0.1, -0.05) is 0 Å². The van der Waals surface area contributed by atoms with E-state index in [2.05, 4.69) is 36.0 Å². The van der Waals surface area contributed by atoms with Gasteiger partial charge in [0.05, 0.1) is 37.5 Å². The normalized spacial score (nSPS) is 12.0. The van der Waals surface area contributed by atoms with Crippen molar-refractivity contribution in [2.75, 3.05) is 5.32 Å². The minimum Gasteiger partial charge on any atom is -0.504 e. The number of non-ortho nitro benzene ring substituents is 2. The standard InChI is InChI=1S/C30H20N10O14S2/c41-29-24(35-33-17-3-1-16(2-4-17)31-23-10-9-21(39(45)46)13-28(23)56(52,53)54)11-19(34-32-18-5-7-20(8-6-18)38(43)44)12-25(29)36-37-26-14-22(55(49,50)51)15-27(30(26)42)40(47)48/h1-15,31,41-42H,(H,49,50,51)(H,52,53,54). The summed E-state index contributed by atoms with van der Waals surface area (Å²) in [6, 6.07) is 16.4. The molecule has 0 aliphatic rings. The lowest BCUT2D eigenvalue weighted by atomic mass is 10.2. The monoisotopic (exact) mass is 808 g/mol. The highest BCUT2D eigenvalue weighted by atomic mass is 32.2. The Kier molecular flexibility index (Phi) is 11.1. The summed E-state index contributed by atoms with van der Waals surface area (Å²) in [6.07, 6.45) is 0. The van der Waals surface area contributed by atoms with Crippen molar-refractivity contribution in [1.82, 2.24) is 0 Å². The fourth-order valence-corrected chi connectivity index (χ4v) is 5.62. The minimum atomic E-state index is -5.03. The maximum atomic E-state index is 11.9. The van der Waals surface area contributed by atoms with Crippen molar-refractivity contribution in [3.8, 4) is 11.5 Å². The molecule has 0 heterocycles. The quantitative estimate of drug-likeness (QED) is 0.0323. The van der Waals surface area contributed by atoms with E-state index < -0.39 is 79.0 Å². The van der Waals surface area contributed by atoms with Crippen LogP contribution in [0.2, 0.25) is 0 Å². The summed E-state index contributed by atoms with van der Waals surface area (Å²) in [5, 5.41) is 80.8. The van der Waals surface area contributed by atoms with E-state index in [1.165, 1.54) is 36.4 Å². The molecule has 5 aromatic rings. The second-order valence-corrected chi connectivity index (χ2v) is 13.6. The van der Waals surface area contributed by atoms with E-state index in [-0.39, 0.29) is 39.8 Å². The van der Waals surface area contributed by atoms with Crippen LogP contribution < -0.4 is 5.32 Å². The van der Waals surface area contributed by atoms with Gasteiger partial charge in [-0.25, -0.2) is 0 Å². The number of rotatable bonds is 13. The third kappa shape index (κ3) is 9.45. The number of nitro groups is 3. The van der Waals surface area contributed by atoms with Crippen molar-refractivity contribution in [2.24, 2.45) is 30.7 Å². The van der Waals surface area contributed by atoms with Gasteiger partial charge in [0.2, 0.25) is 5.75 Å². The van der Waals surface area contributed by atoms with Crippen molar-refractivity contribution in [1.29, 1.82) is 0 Å². The van der Waals surface area contributed by atoms with Gasteiger partial charge in [0, 0.05) is 36.0 Å². The molecule has 0 bridgehead atoms. The number of phenolic OH excluding ortho intramolecular Hbond substituents is 2. The molecule has 0 atom stereocenters. The summed E-state index contributed by atoms with van der Waals surface area (Å²) in [4.78, 5) is 29.1. The lowest BCUT2D eigenvalue weighted by Crippen LogP contribution is -2.04. The maximum Gasteiger partial charge on any atom is 0.314 e. The molecule has 26 heteroatoms. The van der Waals surface area contributed by atoms with Gasteiger partial charge in [-0.2, -0.15) is 32.2 Å². The molecule has 0 aromatic heterocycles. The van der Waals surface area contributed by atoms with Crippen LogP contribution in [0.1, 0.15) is 0 Å². The molecule has 0 aliphatic carbocycles. The van der Waals surface area contributed by atoms with E-state index in [0.29, 0.717) is 18.2 Å². The molecule has 5 rings (SSSR count). The van der Waals surface area contributed by atoms with Crippen LogP contribution in [0.25, 0.3) is 0 Å². The van der Waals surface area contributed by atoms with Crippen LogP contribution in [0.4, 0.5) is 62.6 Å². The van der Waals surface area contributed by atoms with Gasteiger partial charge in [0.25, 0.3) is 31.6 Å². The van der Waals surface area contributed by atoms with Crippen molar-refractivity contribution in [3.63, 3.8) is 0 Å². The summed E-state index contributed by atoms with van der Waals surface area (Å²) in [5.41, 5.74) is -3.34. The van der Waals surface area contributed by atoms with Crippen LogP contribution in [-0.2, 0) is 20.2 Å². The number of nitrogens with one attached hydrogen (secondary N) is 1. The highest BCUT2D eigenvalue weighted by Crippen LogP contribution is 2.44. The highest BCUT2D eigenvalue weighted by Gasteiger charge is 2.25. The summed E-state index contributed by atoms with van der Waals surface area (Å²) in [7, 11) is -9.91. The Bertz CT molecular complexity index is 2730. The Labute approximate surface area is 311 Å². The molecule has 286 valence electrons. The Balaban J connectivity index is 1.51. The average Bonchev–Trinajstić information content (AvgIpc) is 3.13. The van der Waals surface area contributed by atoms with Crippen molar-refractivity contribution < 1.29 is 50.9 Å². The molecule has 0 saturated heterocycles. The lowest BCUT2D eigenvalue weighted by molar-refractivity contribution is -0.386. The number of hydrogen-bond acceptors (Lipinski definition) is 19. The van der Waals surface area contributed by atoms with Crippen LogP contribution in [0.15, 0.2) is 131 Å². The number of phenols is 2. The number of aromatic hydroxyl groups is 2. The van der Waals surface area contributed by atoms with Gasteiger partial charge in [0.1, 0.15) is 26.9 Å². The summed E-state index contributed by atoms with van der Waals surface area (Å²) in [6.45, 7) is 0. The van der Waals surface area contributed by atoms with Gasteiger partial charge < -0.3 is 15.5 Å². The van der Waals surface area contributed by atoms with Gasteiger partial charge in [-0.15, -0.1) is 15.3 Å². The first-order valence-electron chi connectivity index (χ1n) is 14.8. The van der Waals surface area contributed by atoms with E-state index >= 15 is 0 Å². The number of nitro benzene ring substituents is 3. The average molecular weight is 809 g/mol. The molecule has 0 radical (unpaired) electrons. The van der Waals surface area contributed by atoms with E-state index in [0.717, 1.165) is 36.4 Å². The molecule has 5 aromatic carbocycles. The van der Waals surface area contributed by atoms with E-state index in [1.807, 2.05) is 0 Å². The smallest absolute Gasteiger partial charge is 0.314 e. The van der Waals surface area contributed by atoms with Crippen molar-refractivity contribution in [2.45, 2.75) is 9.79 Å². The van der Waals surface area contributed by atoms with Gasteiger partial charge in [0.15, 0.2) is 5.75 Å². The van der Waals surface area contributed by atoms with Gasteiger partial charge in [-0.3, -0.25) is 39.4 Å². The first kappa shape index (κ1) is 39.5. The molecular formula is C30H20N10O14S2. The lowest BCUT2D eigenvalue weighted by Gasteiger charge is -2.10. The fraction of sp³-hybridized carbons (Fsp3) is 0. The van der Waals surface area contributed by atoms with Crippen LogP contribution in [0, 0.1) is 30.3 Å². The first-order chi connectivity index (χ1) is 26.3. The van der Waals surface area contributed by atoms with E-state index in [1.54, 1.807) is 0 Å².